The number of nitrogens with one attached hydrogen (secondary N) is 1. The summed E-state index contributed by atoms with van der Waals surface area (Å²) in [6.07, 6.45) is 1.42. The SMILES string of the molecule is Cc1cc(Cl)ccc1C(=O)NS(=O)(=O)C=Cc1ccccc1. The highest BCUT2D eigenvalue weighted by atomic mass is 35.5. The molecule has 22 heavy (non-hydrogen) atoms. The second kappa shape index (κ2) is 6.77. The van der Waals surface area contributed by atoms with Gasteiger partial charge in [-0.15, -0.1) is 0 Å². The first-order valence-electron chi connectivity index (χ1n) is 6.44. The van der Waals surface area contributed by atoms with Crippen LogP contribution in [-0.2, 0) is 10.0 Å². The lowest BCUT2D eigenvalue weighted by Crippen LogP contribution is -2.29. The fourth-order valence-electron chi connectivity index (χ4n) is 1.83. The van der Waals surface area contributed by atoms with Crippen molar-refractivity contribution < 1.29 is 13.2 Å². The van der Waals surface area contributed by atoms with Gasteiger partial charge in [0.1, 0.15) is 0 Å². The molecular weight excluding hydrogens is 322 g/mol. The number of rotatable bonds is 4. The summed E-state index contributed by atoms with van der Waals surface area (Å²) in [4.78, 5) is 12.0. The molecule has 0 aliphatic rings. The van der Waals surface area contributed by atoms with Crippen molar-refractivity contribution in [1.29, 1.82) is 0 Å². The van der Waals surface area contributed by atoms with Crippen LogP contribution in [0.5, 0.6) is 0 Å². The third kappa shape index (κ3) is 4.44. The standard InChI is InChI=1S/C16H14ClNO3S/c1-12-11-14(17)7-8-15(12)16(19)18-22(20,21)10-9-13-5-3-2-4-6-13/h2-11H,1H3,(H,18,19). The van der Waals surface area contributed by atoms with Crippen LogP contribution in [0.2, 0.25) is 5.02 Å². The van der Waals surface area contributed by atoms with Crippen molar-refractivity contribution in [2.75, 3.05) is 0 Å². The van der Waals surface area contributed by atoms with Crippen LogP contribution >= 0.6 is 11.6 Å². The Morgan fingerprint density at radius 2 is 1.82 bits per heavy atom. The van der Waals surface area contributed by atoms with E-state index in [2.05, 4.69) is 0 Å². The molecule has 2 rings (SSSR count). The molecule has 0 bridgehead atoms. The molecule has 1 amide bonds. The Hall–Kier alpha value is -2.11. The van der Waals surface area contributed by atoms with Crippen LogP contribution in [0.15, 0.2) is 53.9 Å². The summed E-state index contributed by atoms with van der Waals surface area (Å²) in [5.41, 5.74) is 1.59. The maximum Gasteiger partial charge on any atom is 0.265 e. The molecule has 0 spiro atoms. The summed E-state index contributed by atoms with van der Waals surface area (Å²) in [5.74, 6) is -0.688. The van der Waals surface area contributed by atoms with E-state index >= 15 is 0 Å². The smallest absolute Gasteiger partial charge is 0.265 e. The number of hydrogen-bond acceptors (Lipinski definition) is 3. The zero-order valence-corrected chi connectivity index (χ0v) is 13.4. The lowest BCUT2D eigenvalue weighted by Gasteiger charge is -2.06. The quantitative estimate of drug-likeness (QED) is 0.931. The van der Waals surface area contributed by atoms with Gasteiger partial charge in [0.15, 0.2) is 0 Å². The molecule has 0 aliphatic carbocycles. The van der Waals surface area contributed by atoms with Crippen LogP contribution in [0, 0.1) is 6.92 Å². The van der Waals surface area contributed by atoms with Crippen LogP contribution in [0.3, 0.4) is 0 Å². The van der Waals surface area contributed by atoms with Gasteiger partial charge in [0.25, 0.3) is 15.9 Å². The minimum Gasteiger partial charge on any atom is -0.268 e. The van der Waals surface area contributed by atoms with Crippen molar-refractivity contribution in [1.82, 2.24) is 4.72 Å². The van der Waals surface area contributed by atoms with E-state index in [0.717, 1.165) is 11.0 Å². The minimum absolute atomic E-state index is 0.265. The van der Waals surface area contributed by atoms with E-state index in [0.29, 0.717) is 10.6 Å². The number of sulfonamides is 1. The molecule has 0 fully saturated rings. The topological polar surface area (TPSA) is 63.2 Å². The van der Waals surface area contributed by atoms with Gasteiger partial charge in [0, 0.05) is 10.6 Å². The van der Waals surface area contributed by atoms with Crippen LogP contribution in [0.4, 0.5) is 0 Å². The maximum absolute atomic E-state index is 12.0. The number of halogens is 1. The van der Waals surface area contributed by atoms with Gasteiger partial charge in [0.05, 0.1) is 5.41 Å². The fraction of sp³-hybridized carbons (Fsp3) is 0.0625. The van der Waals surface area contributed by atoms with Crippen molar-refractivity contribution >= 4 is 33.6 Å². The average Bonchev–Trinajstić information content (AvgIpc) is 2.45. The highest BCUT2D eigenvalue weighted by molar-refractivity contribution is 7.93. The lowest BCUT2D eigenvalue weighted by molar-refractivity contribution is 0.0981. The fourth-order valence-corrected chi connectivity index (χ4v) is 2.83. The zero-order chi connectivity index (χ0) is 16.2. The van der Waals surface area contributed by atoms with Gasteiger partial charge in [-0.25, -0.2) is 13.1 Å². The molecule has 114 valence electrons. The molecule has 0 atom stereocenters. The monoisotopic (exact) mass is 335 g/mol. The summed E-state index contributed by atoms with van der Waals surface area (Å²) in [6, 6.07) is 13.6. The van der Waals surface area contributed by atoms with Gasteiger partial charge in [-0.3, -0.25) is 4.79 Å². The Kier molecular flexibility index (Phi) is 5.00. The Morgan fingerprint density at radius 1 is 1.14 bits per heavy atom. The predicted octanol–water partition coefficient (Wildman–Crippen LogP) is 3.38. The molecule has 4 nitrogen and oxygen atoms in total. The van der Waals surface area contributed by atoms with Crippen LogP contribution in [0.25, 0.3) is 6.08 Å². The molecular formula is C16H14ClNO3S. The maximum atomic E-state index is 12.0. The van der Waals surface area contributed by atoms with E-state index < -0.39 is 15.9 Å². The number of amides is 1. The van der Waals surface area contributed by atoms with Crippen molar-refractivity contribution in [2.24, 2.45) is 0 Å². The number of carbonyl (C=O) groups is 1. The van der Waals surface area contributed by atoms with E-state index in [4.69, 9.17) is 11.6 Å². The summed E-state index contributed by atoms with van der Waals surface area (Å²) in [5, 5.41) is 1.45. The van der Waals surface area contributed by atoms with Crippen LogP contribution in [-0.4, -0.2) is 14.3 Å². The zero-order valence-electron chi connectivity index (χ0n) is 11.8. The highest BCUT2D eigenvalue weighted by Crippen LogP contribution is 2.15. The second-order valence-electron chi connectivity index (χ2n) is 4.65. The molecule has 0 saturated carbocycles. The summed E-state index contributed by atoms with van der Waals surface area (Å²) in [6.45, 7) is 1.69. The van der Waals surface area contributed by atoms with Crippen LogP contribution in [0.1, 0.15) is 21.5 Å². The van der Waals surface area contributed by atoms with E-state index in [9.17, 15) is 13.2 Å². The normalized spacial score (nSPS) is 11.5. The summed E-state index contributed by atoms with van der Waals surface area (Å²) < 4.78 is 25.8. The Labute approximate surface area is 134 Å². The first-order chi connectivity index (χ1) is 10.4. The van der Waals surface area contributed by atoms with Crippen molar-refractivity contribution in [3.63, 3.8) is 0 Å². The molecule has 0 unspecified atom stereocenters. The molecule has 0 radical (unpaired) electrons. The number of carbonyl (C=O) groups excluding carboxylic acids is 1. The molecule has 0 heterocycles. The van der Waals surface area contributed by atoms with Gasteiger partial charge in [-0.05, 0) is 42.3 Å². The first-order valence-corrected chi connectivity index (χ1v) is 8.36. The van der Waals surface area contributed by atoms with Gasteiger partial charge in [-0.2, -0.15) is 0 Å². The van der Waals surface area contributed by atoms with E-state index in [1.54, 1.807) is 37.3 Å². The summed E-state index contributed by atoms with van der Waals surface area (Å²) in [7, 11) is -3.87. The molecule has 2 aromatic rings. The molecule has 1 N–H and O–H groups in total. The molecule has 0 aromatic heterocycles. The third-order valence-electron chi connectivity index (χ3n) is 2.91. The van der Waals surface area contributed by atoms with Crippen LogP contribution < -0.4 is 4.72 Å². The van der Waals surface area contributed by atoms with Gasteiger partial charge >= 0.3 is 0 Å². The highest BCUT2D eigenvalue weighted by Gasteiger charge is 2.15. The average molecular weight is 336 g/mol. The van der Waals surface area contributed by atoms with Gasteiger partial charge in [0.2, 0.25) is 0 Å². The predicted molar refractivity (Wildman–Crippen MR) is 88.1 cm³/mol. The Morgan fingerprint density at radius 3 is 2.45 bits per heavy atom. The molecule has 6 heteroatoms. The van der Waals surface area contributed by atoms with E-state index in [1.165, 1.54) is 18.2 Å². The molecule has 0 saturated heterocycles. The van der Waals surface area contributed by atoms with E-state index in [-0.39, 0.29) is 5.56 Å². The Balaban J connectivity index is 2.14. The Bertz CT molecular complexity index is 815. The van der Waals surface area contributed by atoms with E-state index in [1.807, 2.05) is 10.8 Å². The second-order valence-corrected chi connectivity index (χ2v) is 6.65. The largest absolute Gasteiger partial charge is 0.268 e. The van der Waals surface area contributed by atoms with Crippen molar-refractivity contribution in [3.05, 3.63) is 75.7 Å². The molecule has 2 aromatic carbocycles. The third-order valence-corrected chi connectivity index (χ3v) is 4.11. The van der Waals surface area contributed by atoms with Gasteiger partial charge < -0.3 is 0 Å². The number of benzene rings is 2. The van der Waals surface area contributed by atoms with Crippen molar-refractivity contribution in [3.8, 4) is 0 Å². The van der Waals surface area contributed by atoms with Crippen molar-refractivity contribution in [2.45, 2.75) is 6.92 Å². The molecule has 0 aliphatic heterocycles. The number of aryl methyl sites for hydroxylation is 1. The van der Waals surface area contributed by atoms with Gasteiger partial charge in [-0.1, -0.05) is 41.9 Å². The summed E-state index contributed by atoms with van der Waals surface area (Å²) >= 11 is 5.81. The minimum atomic E-state index is -3.87. The first kappa shape index (κ1) is 16.3. The lowest BCUT2D eigenvalue weighted by atomic mass is 10.1. The number of hydrogen-bond donors (Lipinski definition) is 1.